The van der Waals surface area contributed by atoms with Crippen molar-refractivity contribution >= 4 is 17.3 Å². The van der Waals surface area contributed by atoms with Crippen molar-refractivity contribution in [3.63, 3.8) is 0 Å². The van der Waals surface area contributed by atoms with Gasteiger partial charge in [0.2, 0.25) is 5.95 Å². The highest BCUT2D eigenvalue weighted by Gasteiger charge is 2.11. The fourth-order valence-electron chi connectivity index (χ4n) is 3.81. The fraction of sp³-hybridized carbons (Fsp3) is 0.357. The van der Waals surface area contributed by atoms with Crippen molar-refractivity contribution in [2.24, 2.45) is 0 Å². The number of aromatic nitrogens is 3. The minimum Gasteiger partial charge on any atom is -0.367 e. The number of hydrogen-bond acceptors (Lipinski definition) is 6. The highest BCUT2D eigenvalue weighted by atomic mass is 15.1. The highest BCUT2D eigenvalue weighted by Crippen LogP contribution is 2.25. The zero-order chi connectivity index (χ0) is 24.3. The first kappa shape index (κ1) is 24.9. The Morgan fingerprint density at radius 2 is 1.97 bits per heavy atom. The summed E-state index contributed by atoms with van der Waals surface area (Å²) in [6, 6.07) is 14.8. The maximum Gasteiger partial charge on any atom is 0.225 e. The average molecular weight is 455 g/mol. The molecule has 0 spiro atoms. The molecule has 0 saturated carbocycles. The van der Waals surface area contributed by atoms with Crippen molar-refractivity contribution in [3.05, 3.63) is 71.6 Å². The summed E-state index contributed by atoms with van der Waals surface area (Å²) in [5.74, 6) is 1.31. The van der Waals surface area contributed by atoms with Crippen molar-refractivity contribution < 1.29 is 0 Å². The summed E-state index contributed by atoms with van der Waals surface area (Å²) in [5.41, 5.74) is 6.05. The van der Waals surface area contributed by atoms with E-state index in [1.807, 2.05) is 6.07 Å². The van der Waals surface area contributed by atoms with Gasteiger partial charge < -0.3 is 10.6 Å². The SMILES string of the molecule is C/C=C(/CCNc1nc(NC(C)CC)cc(-c2cncc(C#N)c2)n1)c1ccccc1CCC. The Kier molecular flexibility index (Phi) is 9.16. The van der Waals surface area contributed by atoms with E-state index in [1.165, 1.54) is 16.7 Å². The van der Waals surface area contributed by atoms with Crippen LogP contribution in [-0.2, 0) is 6.42 Å². The highest BCUT2D eigenvalue weighted by molar-refractivity contribution is 5.69. The summed E-state index contributed by atoms with van der Waals surface area (Å²) < 4.78 is 0. The number of pyridine rings is 1. The lowest BCUT2D eigenvalue weighted by Gasteiger charge is -2.16. The van der Waals surface area contributed by atoms with Gasteiger partial charge in [0.1, 0.15) is 11.9 Å². The zero-order valence-corrected chi connectivity index (χ0v) is 20.6. The van der Waals surface area contributed by atoms with E-state index in [0.29, 0.717) is 18.1 Å². The van der Waals surface area contributed by atoms with E-state index >= 15 is 0 Å². The number of nitriles is 1. The van der Waals surface area contributed by atoms with Crippen molar-refractivity contribution in [2.45, 2.75) is 59.4 Å². The third kappa shape index (κ3) is 6.64. The summed E-state index contributed by atoms with van der Waals surface area (Å²) in [7, 11) is 0. The lowest BCUT2D eigenvalue weighted by molar-refractivity contribution is 0.758. The van der Waals surface area contributed by atoms with Crippen molar-refractivity contribution in [1.82, 2.24) is 15.0 Å². The summed E-state index contributed by atoms with van der Waals surface area (Å²) in [6.07, 6.45) is 9.52. The lowest BCUT2D eigenvalue weighted by Crippen LogP contribution is -2.16. The molecule has 0 fully saturated rings. The average Bonchev–Trinajstić information content (AvgIpc) is 2.87. The maximum atomic E-state index is 9.25. The Bertz CT molecular complexity index is 1160. The molecule has 2 aromatic heterocycles. The van der Waals surface area contributed by atoms with Gasteiger partial charge >= 0.3 is 0 Å². The monoisotopic (exact) mass is 454 g/mol. The number of nitrogens with zero attached hydrogens (tertiary/aromatic N) is 4. The summed E-state index contributed by atoms with van der Waals surface area (Å²) in [4.78, 5) is 13.6. The molecule has 3 rings (SSSR count). The molecule has 1 aromatic carbocycles. The number of rotatable bonds is 11. The molecule has 2 N–H and O–H groups in total. The van der Waals surface area contributed by atoms with Crippen molar-refractivity contribution in [3.8, 4) is 17.3 Å². The smallest absolute Gasteiger partial charge is 0.225 e. The number of anilines is 2. The van der Waals surface area contributed by atoms with E-state index in [1.54, 1.807) is 18.5 Å². The Morgan fingerprint density at radius 1 is 1.15 bits per heavy atom. The summed E-state index contributed by atoms with van der Waals surface area (Å²) in [5, 5.41) is 16.1. The first-order chi connectivity index (χ1) is 16.6. The number of nitrogens with one attached hydrogen (secondary N) is 2. The van der Waals surface area contributed by atoms with Crippen LogP contribution in [0.15, 0.2) is 54.9 Å². The zero-order valence-electron chi connectivity index (χ0n) is 20.6. The number of hydrogen-bond donors (Lipinski definition) is 2. The van der Waals surface area contributed by atoms with E-state index in [2.05, 4.69) is 79.7 Å². The molecule has 0 radical (unpaired) electrons. The van der Waals surface area contributed by atoms with Crippen LogP contribution in [0.4, 0.5) is 11.8 Å². The summed E-state index contributed by atoms with van der Waals surface area (Å²) in [6.45, 7) is 9.28. The Labute approximate surface area is 203 Å². The van der Waals surface area contributed by atoms with Crippen LogP contribution in [0.5, 0.6) is 0 Å². The molecule has 0 aliphatic carbocycles. The second-order valence-electron chi connectivity index (χ2n) is 8.39. The molecule has 0 aliphatic rings. The van der Waals surface area contributed by atoms with Gasteiger partial charge in [-0.05, 0) is 55.9 Å². The second kappa shape index (κ2) is 12.5. The number of aryl methyl sites for hydroxylation is 1. The van der Waals surface area contributed by atoms with Gasteiger partial charge in [-0.25, -0.2) is 4.98 Å². The first-order valence-corrected chi connectivity index (χ1v) is 12.1. The largest absolute Gasteiger partial charge is 0.367 e. The predicted molar refractivity (Wildman–Crippen MR) is 141 cm³/mol. The van der Waals surface area contributed by atoms with Gasteiger partial charge in [0.05, 0.1) is 11.3 Å². The molecule has 0 saturated heterocycles. The normalized spacial score (nSPS) is 12.1. The van der Waals surface area contributed by atoms with E-state index in [9.17, 15) is 5.26 Å². The molecule has 0 bridgehead atoms. The van der Waals surface area contributed by atoms with Crippen LogP contribution in [0, 0.1) is 11.3 Å². The van der Waals surface area contributed by atoms with Gasteiger partial charge in [0.15, 0.2) is 0 Å². The van der Waals surface area contributed by atoms with Crippen LogP contribution in [0.2, 0.25) is 0 Å². The van der Waals surface area contributed by atoms with Crippen LogP contribution in [-0.4, -0.2) is 27.5 Å². The standard InChI is InChI=1S/C28H34N6/c1-5-10-23-11-8-9-12-25(23)22(7-3)13-14-31-28-33-26(16-27(34-28)32-20(4)6-2)24-15-21(17-29)18-30-19-24/h7-9,11-12,15-16,18-20H,5-6,10,13-14H2,1-4H3,(H2,31,32,33,34)/b22-7-. The van der Waals surface area contributed by atoms with Crippen molar-refractivity contribution in [2.75, 3.05) is 17.2 Å². The molecular weight excluding hydrogens is 420 g/mol. The molecule has 176 valence electrons. The molecule has 6 nitrogen and oxygen atoms in total. The maximum absolute atomic E-state index is 9.25. The third-order valence-corrected chi connectivity index (χ3v) is 5.80. The lowest BCUT2D eigenvalue weighted by atomic mass is 9.95. The third-order valence-electron chi connectivity index (χ3n) is 5.80. The Morgan fingerprint density at radius 3 is 2.71 bits per heavy atom. The van der Waals surface area contributed by atoms with Gasteiger partial charge in [-0.15, -0.1) is 0 Å². The number of allylic oxidation sites excluding steroid dienone is 1. The second-order valence-corrected chi connectivity index (χ2v) is 8.39. The van der Waals surface area contributed by atoms with Crippen molar-refractivity contribution in [1.29, 1.82) is 5.26 Å². The van der Waals surface area contributed by atoms with E-state index in [-0.39, 0.29) is 6.04 Å². The van der Waals surface area contributed by atoms with E-state index < -0.39 is 0 Å². The molecule has 2 heterocycles. The Balaban J connectivity index is 1.81. The predicted octanol–water partition coefficient (Wildman–Crippen LogP) is 6.48. The molecule has 1 unspecified atom stereocenters. The minimum atomic E-state index is 0.281. The van der Waals surface area contributed by atoms with Crippen LogP contribution < -0.4 is 10.6 Å². The molecule has 1 atom stereocenters. The quantitative estimate of drug-likeness (QED) is 0.345. The first-order valence-electron chi connectivity index (χ1n) is 12.1. The number of benzene rings is 1. The van der Waals surface area contributed by atoms with E-state index in [4.69, 9.17) is 9.97 Å². The molecule has 0 aliphatic heterocycles. The molecule has 3 aromatic rings. The Hall–Kier alpha value is -3.72. The van der Waals surface area contributed by atoms with Gasteiger partial charge in [-0.3, -0.25) is 4.98 Å². The van der Waals surface area contributed by atoms with Crippen LogP contribution in [0.1, 0.15) is 63.6 Å². The molecule has 34 heavy (non-hydrogen) atoms. The van der Waals surface area contributed by atoms with Crippen LogP contribution in [0.3, 0.4) is 0 Å². The molecular formula is C28H34N6. The van der Waals surface area contributed by atoms with Gasteiger partial charge in [-0.2, -0.15) is 10.2 Å². The topological polar surface area (TPSA) is 86.5 Å². The van der Waals surface area contributed by atoms with Gasteiger partial charge in [-0.1, -0.05) is 50.6 Å². The van der Waals surface area contributed by atoms with Gasteiger partial charge in [0.25, 0.3) is 0 Å². The van der Waals surface area contributed by atoms with Crippen LogP contribution >= 0.6 is 0 Å². The van der Waals surface area contributed by atoms with E-state index in [0.717, 1.165) is 42.8 Å². The summed E-state index contributed by atoms with van der Waals surface area (Å²) >= 11 is 0. The van der Waals surface area contributed by atoms with Gasteiger partial charge in [0, 0.05) is 36.6 Å². The van der Waals surface area contributed by atoms with Crippen LogP contribution in [0.25, 0.3) is 16.8 Å². The molecule has 6 heteroatoms. The molecule has 0 amide bonds. The fourth-order valence-corrected chi connectivity index (χ4v) is 3.81. The minimum absolute atomic E-state index is 0.281.